The van der Waals surface area contributed by atoms with E-state index in [0.29, 0.717) is 19.4 Å². The number of nitrogens with one attached hydrogen (secondary N) is 1. The third-order valence-electron chi connectivity index (χ3n) is 4.47. The smallest absolute Gasteiger partial charge is 0.267 e. The lowest BCUT2D eigenvalue weighted by atomic mass is 9.95. The second kappa shape index (κ2) is 6.59. The highest BCUT2D eigenvalue weighted by Gasteiger charge is 2.42. The Hall–Kier alpha value is -3.22. The summed E-state index contributed by atoms with van der Waals surface area (Å²) in [7, 11) is 0. The van der Waals surface area contributed by atoms with E-state index in [9.17, 15) is 4.79 Å². The van der Waals surface area contributed by atoms with Crippen LogP contribution >= 0.6 is 0 Å². The molecule has 132 valence electrons. The molecule has 4 rings (SSSR count). The van der Waals surface area contributed by atoms with E-state index in [2.05, 4.69) is 20.7 Å². The van der Waals surface area contributed by atoms with Gasteiger partial charge in [0.15, 0.2) is 5.65 Å². The first-order valence-corrected chi connectivity index (χ1v) is 8.53. The van der Waals surface area contributed by atoms with Crippen LogP contribution in [0.1, 0.15) is 24.7 Å². The van der Waals surface area contributed by atoms with Crippen molar-refractivity contribution in [1.29, 1.82) is 0 Å². The van der Waals surface area contributed by atoms with E-state index < -0.39 is 5.60 Å². The third kappa shape index (κ3) is 3.03. The van der Waals surface area contributed by atoms with Gasteiger partial charge in [-0.25, -0.2) is 0 Å². The van der Waals surface area contributed by atoms with Gasteiger partial charge in [-0.3, -0.25) is 9.20 Å². The molecular formula is C19H19N5O2. The number of carbonyl (C=O) groups is 1. The molecule has 3 aromatic rings. The van der Waals surface area contributed by atoms with Crippen molar-refractivity contribution in [3.63, 3.8) is 0 Å². The van der Waals surface area contributed by atoms with Crippen molar-refractivity contribution in [2.24, 2.45) is 5.16 Å². The zero-order valence-corrected chi connectivity index (χ0v) is 14.4. The van der Waals surface area contributed by atoms with Crippen molar-refractivity contribution in [2.45, 2.75) is 25.4 Å². The Morgan fingerprint density at radius 2 is 2.00 bits per heavy atom. The number of pyridine rings is 1. The molecule has 26 heavy (non-hydrogen) atoms. The van der Waals surface area contributed by atoms with E-state index >= 15 is 0 Å². The number of hydrogen-bond donors (Lipinski definition) is 1. The molecule has 1 aliphatic heterocycles. The molecule has 0 radical (unpaired) electrons. The van der Waals surface area contributed by atoms with E-state index in [0.717, 1.165) is 22.7 Å². The fourth-order valence-electron chi connectivity index (χ4n) is 2.98. The van der Waals surface area contributed by atoms with Gasteiger partial charge in [0.05, 0.1) is 5.71 Å². The molecule has 2 aromatic heterocycles. The Labute approximate surface area is 150 Å². The van der Waals surface area contributed by atoms with Crippen LogP contribution in [0.25, 0.3) is 5.65 Å². The Morgan fingerprint density at radius 1 is 1.19 bits per heavy atom. The Morgan fingerprint density at radius 3 is 2.85 bits per heavy atom. The minimum atomic E-state index is -0.988. The lowest BCUT2D eigenvalue weighted by molar-refractivity contribution is -0.141. The van der Waals surface area contributed by atoms with E-state index in [1.165, 1.54) is 0 Å². The fraction of sp³-hybridized carbons (Fsp3) is 0.263. The zero-order valence-electron chi connectivity index (χ0n) is 14.4. The number of carbonyl (C=O) groups excluding carboxylic acids is 1. The molecule has 7 heteroatoms. The number of hydrogen-bond acceptors (Lipinski definition) is 5. The van der Waals surface area contributed by atoms with Gasteiger partial charge in [0.2, 0.25) is 5.60 Å². The van der Waals surface area contributed by atoms with E-state index in [1.54, 1.807) is 6.92 Å². The second-order valence-electron chi connectivity index (χ2n) is 6.45. The van der Waals surface area contributed by atoms with Gasteiger partial charge < -0.3 is 10.2 Å². The number of rotatable bonds is 5. The average molecular weight is 349 g/mol. The van der Waals surface area contributed by atoms with Crippen molar-refractivity contribution in [3.8, 4) is 0 Å². The van der Waals surface area contributed by atoms with Gasteiger partial charge in [0.1, 0.15) is 5.82 Å². The SMILES string of the molecule is CC1(C(=O)NCCc2nnc3ccccn23)CC(c2ccccc2)=NO1. The first-order chi connectivity index (χ1) is 12.7. The highest BCUT2D eigenvalue weighted by molar-refractivity contribution is 6.05. The molecule has 0 spiro atoms. The van der Waals surface area contributed by atoms with Crippen molar-refractivity contribution in [1.82, 2.24) is 19.9 Å². The summed E-state index contributed by atoms with van der Waals surface area (Å²) in [6, 6.07) is 15.5. The van der Waals surface area contributed by atoms with Crippen molar-refractivity contribution >= 4 is 17.3 Å². The average Bonchev–Trinajstić information content (AvgIpc) is 3.27. The third-order valence-corrected chi connectivity index (χ3v) is 4.47. The molecule has 0 saturated carbocycles. The minimum absolute atomic E-state index is 0.180. The molecule has 1 aliphatic rings. The molecule has 1 amide bonds. The molecule has 1 aromatic carbocycles. The summed E-state index contributed by atoms with van der Waals surface area (Å²) in [5, 5.41) is 15.3. The van der Waals surface area contributed by atoms with Crippen molar-refractivity contribution < 1.29 is 9.63 Å². The summed E-state index contributed by atoms with van der Waals surface area (Å²) in [4.78, 5) is 18.1. The Bertz CT molecular complexity index is 966. The topological polar surface area (TPSA) is 80.9 Å². The van der Waals surface area contributed by atoms with Crippen LogP contribution in [0.2, 0.25) is 0 Å². The highest BCUT2D eigenvalue weighted by atomic mass is 16.7. The van der Waals surface area contributed by atoms with Crippen LogP contribution in [0.4, 0.5) is 0 Å². The molecule has 1 unspecified atom stereocenters. The van der Waals surface area contributed by atoms with Gasteiger partial charge in [-0.1, -0.05) is 41.6 Å². The summed E-state index contributed by atoms with van der Waals surface area (Å²) in [6.45, 7) is 2.21. The van der Waals surface area contributed by atoms with Crippen LogP contribution in [-0.4, -0.2) is 38.4 Å². The molecule has 1 atom stereocenters. The number of oxime groups is 1. The molecule has 0 bridgehead atoms. The van der Waals surface area contributed by atoms with Crippen LogP contribution in [-0.2, 0) is 16.1 Å². The monoisotopic (exact) mass is 349 g/mol. The van der Waals surface area contributed by atoms with Crippen LogP contribution < -0.4 is 5.32 Å². The van der Waals surface area contributed by atoms with Crippen LogP contribution in [0.15, 0.2) is 59.9 Å². The highest BCUT2D eigenvalue weighted by Crippen LogP contribution is 2.26. The summed E-state index contributed by atoms with van der Waals surface area (Å²) in [5.74, 6) is 0.626. The van der Waals surface area contributed by atoms with E-state index in [-0.39, 0.29) is 5.91 Å². The number of fused-ring (bicyclic) bond motifs is 1. The lowest BCUT2D eigenvalue weighted by Gasteiger charge is -2.20. The maximum atomic E-state index is 12.6. The molecule has 0 fully saturated rings. The van der Waals surface area contributed by atoms with Gasteiger partial charge in [0.25, 0.3) is 5.91 Å². The largest absolute Gasteiger partial charge is 0.379 e. The predicted octanol–water partition coefficient (Wildman–Crippen LogP) is 1.97. The second-order valence-corrected chi connectivity index (χ2v) is 6.45. The maximum absolute atomic E-state index is 12.6. The van der Waals surface area contributed by atoms with Gasteiger partial charge in [-0.05, 0) is 24.6 Å². The standard InChI is InChI=1S/C19H19N5O2/c1-19(13-15(23-26-19)14-7-3-2-4-8-14)18(25)20-11-10-17-22-21-16-9-5-6-12-24(16)17/h2-9,12H,10-11,13H2,1H3,(H,20,25). The molecular weight excluding hydrogens is 330 g/mol. The summed E-state index contributed by atoms with van der Waals surface area (Å²) >= 11 is 0. The number of benzene rings is 1. The van der Waals surface area contributed by atoms with Crippen molar-refractivity contribution in [2.75, 3.05) is 6.54 Å². The van der Waals surface area contributed by atoms with Gasteiger partial charge in [-0.2, -0.15) is 0 Å². The maximum Gasteiger partial charge on any atom is 0.267 e. The number of aromatic nitrogens is 3. The first-order valence-electron chi connectivity index (χ1n) is 8.53. The van der Waals surface area contributed by atoms with Crippen LogP contribution in [0.5, 0.6) is 0 Å². The van der Waals surface area contributed by atoms with Gasteiger partial charge >= 0.3 is 0 Å². The van der Waals surface area contributed by atoms with E-state index in [1.807, 2.05) is 59.1 Å². The fourth-order valence-corrected chi connectivity index (χ4v) is 2.98. The van der Waals surface area contributed by atoms with Gasteiger partial charge in [-0.15, -0.1) is 10.2 Å². The molecule has 0 saturated heterocycles. The summed E-state index contributed by atoms with van der Waals surface area (Å²) in [6.07, 6.45) is 2.93. The molecule has 1 N–H and O–H groups in total. The normalized spacial score (nSPS) is 19.2. The zero-order chi connectivity index (χ0) is 18.0. The van der Waals surface area contributed by atoms with E-state index in [4.69, 9.17) is 4.84 Å². The molecule has 3 heterocycles. The minimum Gasteiger partial charge on any atom is -0.379 e. The summed E-state index contributed by atoms with van der Waals surface area (Å²) in [5.41, 5.74) is 1.56. The summed E-state index contributed by atoms with van der Waals surface area (Å²) < 4.78 is 1.91. The number of amides is 1. The first kappa shape index (κ1) is 16.3. The quantitative estimate of drug-likeness (QED) is 0.764. The Kier molecular flexibility index (Phi) is 4.12. The Balaban J connectivity index is 1.35. The lowest BCUT2D eigenvalue weighted by Crippen LogP contribution is -2.45. The van der Waals surface area contributed by atoms with Crippen molar-refractivity contribution in [3.05, 3.63) is 66.1 Å². The molecule has 7 nitrogen and oxygen atoms in total. The molecule has 0 aliphatic carbocycles. The predicted molar refractivity (Wildman–Crippen MR) is 96.8 cm³/mol. The van der Waals surface area contributed by atoms with Crippen LogP contribution in [0, 0.1) is 0 Å². The number of nitrogens with zero attached hydrogens (tertiary/aromatic N) is 4. The van der Waals surface area contributed by atoms with Gasteiger partial charge in [0, 0.05) is 25.6 Å². The van der Waals surface area contributed by atoms with Crippen LogP contribution in [0.3, 0.4) is 0 Å².